The zero-order valence-electron chi connectivity index (χ0n) is 10.7. The van der Waals surface area contributed by atoms with Gasteiger partial charge in [0, 0.05) is 24.9 Å². The van der Waals surface area contributed by atoms with Gasteiger partial charge in [-0.15, -0.1) is 0 Å². The van der Waals surface area contributed by atoms with E-state index in [1.165, 1.54) is 6.07 Å². The zero-order valence-corrected chi connectivity index (χ0v) is 11.5. The molecule has 0 bridgehead atoms. The van der Waals surface area contributed by atoms with Gasteiger partial charge in [-0.05, 0) is 18.2 Å². The standard InChI is InChI=1S/C11H15N5O3S/c12-11(14-17)10-8(16(18)19)2-3-9(13-10)15-4-1-6-20-7-5-15/h2-3,17H,1,4-7H2,(H2,12,14). The number of thioether (sulfide) groups is 1. The molecule has 108 valence electrons. The third kappa shape index (κ3) is 3.10. The summed E-state index contributed by atoms with van der Waals surface area (Å²) in [5.41, 5.74) is 5.10. The Kier molecular flexibility index (Phi) is 4.61. The van der Waals surface area contributed by atoms with Crippen molar-refractivity contribution in [1.82, 2.24) is 4.98 Å². The molecule has 1 aromatic heterocycles. The van der Waals surface area contributed by atoms with Crippen LogP contribution in [0.2, 0.25) is 0 Å². The van der Waals surface area contributed by atoms with E-state index in [2.05, 4.69) is 15.0 Å². The highest BCUT2D eigenvalue weighted by Gasteiger charge is 2.21. The lowest BCUT2D eigenvalue weighted by Crippen LogP contribution is -2.28. The maximum Gasteiger partial charge on any atom is 0.298 e. The summed E-state index contributed by atoms with van der Waals surface area (Å²) in [5.74, 6) is 2.33. The molecule has 0 radical (unpaired) electrons. The first-order valence-electron chi connectivity index (χ1n) is 6.09. The minimum atomic E-state index is -0.595. The van der Waals surface area contributed by atoms with Crippen molar-refractivity contribution < 1.29 is 10.1 Å². The summed E-state index contributed by atoms with van der Waals surface area (Å²) in [4.78, 5) is 16.6. The van der Waals surface area contributed by atoms with Crippen molar-refractivity contribution in [3.63, 3.8) is 0 Å². The van der Waals surface area contributed by atoms with Crippen molar-refractivity contribution in [3.05, 3.63) is 27.9 Å². The van der Waals surface area contributed by atoms with E-state index in [0.717, 1.165) is 31.0 Å². The monoisotopic (exact) mass is 297 g/mol. The molecule has 2 heterocycles. The van der Waals surface area contributed by atoms with Crippen LogP contribution in [0.5, 0.6) is 0 Å². The van der Waals surface area contributed by atoms with Gasteiger partial charge in [0.15, 0.2) is 11.5 Å². The number of hydrogen-bond donors (Lipinski definition) is 2. The van der Waals surface area contributed by atoms with Gasteiger partial charge in [0.25, 0.3) is 5.69 Å². The molecule has 1 saturated heterocycles. The molecule has 0 amide bonds. The Morgan fingerprint density at radius 2 is 2.30 bits per heavy atom. The van der Waals surface area contributed by atoms with Gasteiger partial charge in [0.05, 0.1) is 4.92 Å². The van der Waals surface area contributed by atoms with Crippen LogP contribution in [0.4, 0.5) is 11.5 Å². The van der Waals surface area contributed by atoms with Gasteiger partial charge in [-0.2, -0.15) is 11.8 Å². The summed E-state index contributed by atoms with van der Waals surface area (Å²) in [6.07, 6.45) is 1.03. The highest BCUT2D eigenvalue weighted by molar-refractivity contribution is 7.99. The number of oxime groups is 1. The Morgan fingerprint density at radius 1 is 1.50 bits per heavy atom. The molecule has 0 aromatic carbocycles. The average Bonchev–Trinajstić information content (AvgIpc) is 2.74. The molecule has 1 aliphatic heterocycles. The first kappa shape index (κ1) is 14.4. The number of nitrogens with zero attached hydrogens (tertiary/aromatic N) is 4. The van der Waals surface area contributed by atoms with Crippen LogP contribution >= 0.6 is 11.8 Å². The third-order valence-electron chi connectivity index (χ3n) is 2.95. The Balaban J connectivity index is 2.38. The van der Waals surface area contributed by atoms with Gasteiger partial charge in [-0.1, -0.05) is 5.16 Å². The summed E-state index contributed by atoms with van der Waals surface area (Å²) in [5, 5.41) is 22.5. The van der Waals surface area contributed by atoms with E-state index in [0.29, 0.717) is 5.82 Å². The Hall–Kier alpha value is -2.03. The Bertz CT molecular complexity index is 529. The number of nitro groups is 1. The quantitative estimate of drug-likeness (QED) is 0.281. The van der Waals surface area contributed by atoms with Gasteiger partial charge >= 0.3 is 0 Å². The molecular formula is C11H15N5O3S. The first-order valence-corrected chi connectivity index (χ1v) is 7.25. The first-order chi connectivity index (χ1) is 9.63. The number of pyridine rings is 1. The van der Waals surface area contributed by atoms with Gasteiger partial charge in [0.2, 0.25) is 0 Å². The van der Waals surface area contributed by atoms with Crippen molar-refractivity contribution in [3.8, 4) is 0 Å². The summed E-state index contributed by atoms with van der Waals surface area (Å²) < 4.78 is 0. The minimum Gasteiger partial charge on any atom is -0.409 e. The normalized spacial score (nSPS) is 16.8. The maximum atomic E-state index is 10.9. The second kappa shape index (κ2) is 6.42. The summed E-state index contributed by atoms with van der Waals surface area (Å²) >= 11 is 1.87. The van der Waals surface area contributed by atoms with Crippen LogP contribution in [0, 0.1) is 10.1 Å². The van der Waals surface area contributed by atoms with Crippen LogP contribution in [0.15, 0.2) is 17.3 Å². The van der Waals surface area contributed by atoms with E-state index in [1.807, 2.05) is 11.8 Å². The van der Waals surface area contributed by atoms with Crippen LogP contribution in [0.25, 0.3) is 0 Å². The molecular weight excluding hydrogens is 282 g/mol. The summed E-state index contributed by atoms with van der Waals surface area (Å²) in [7, 11) is 0. The van der Waals surface area contributed by atoms with Gasteiger partial charge in [0.1, 0.15) is 5.82 Å². The fraction of sp³-hybridized carbons (Fsp3) is 0.455. The van der Waals surface area contributed by atoms with Crippen LogP contribution in [0.3, 0.4) is 0 Å². The van der Waals surface area contributed by atoms with Crippen LogP contribution < -0.4 is 10.6 Å². The van der Waals surface area contributed by atoms with Crippen molar-refractivity contribution in [1.29, 1.82) is 0 Å². The largest absolute Gasteiger partial charge is 0.409 e. The van der Waals surface area contributed by atoms with Crippen LogP contribution in [-0.4, -0.2) is 45.5 Å². The third-order valence-corrected chi connectivity index (χ3v) is 4.00. The molecule has 0 spiro atoms. The van der Waals surface area contributed by atoms with Gasteiger partial charge in [-0.3, -0.25) is 10.1 Å². The number of rotatable bonds is 3. The van der Waals surface area contributed by atoms with Crippen molar-refractivity contribution in [2.24, 2.45) is 10.9 Å². The maximum absolute atomic E-state index is 10.9. The summed E-state index contributed by atoms with van der Waals surface area (Å²) in [6.45, 7) is 1.67. The number of amidine groups is 1. The van der Waals surface area contributed by atoms with E-state index < -0.39 is 4.92 Å². The fourth-order valence-corrected chi connectivity index (χ4v) is 2.86. The Morgan fingerprint density at radius 3 is 3.00 bits per heavy atom. The van der Waals surface area contributed by atoms with Crippen molar-refractivity contribution in [2.45, 2.75) is 6.42 Å². The van der Waals surface area contributed by atoms with E-state index in [4.69, 9.17) is 10.9 Å². The molecule has 2 rings (SSSR count). The zero-order chi connectivity index (χ0) is 14.5. The summed E-state index contributed by atoms with van der Waals surface area (Å²) in [6, 6.07) is 2.94. The molecule has 1 aliphatic rings. The number of anilines is 1. The van der Waals surface area contributed by atoms with E-state index in [1.54, 1.807) is 6.07 Å². The topological polar surface area (TPSA) is 118 Å². The second-order valence-corrected chi connectivity index (χ2v) is 5.46. The van der Waals surface area contributed by atoms with E-state index in [-0.39, 0.29) is 17.2 Å². The lowest BCUT2D eigenvalue weighted by Gasteiger charge is -2.21. The predicted molar refractivity (Wildman–Crippen MR) is 77.6 cm³/mol. The minimum absolute atomic E-state index is 0.105. The Labute approximate surface area is 119 Å². The predicted octanol–water partition coefficient (Wildman–Crippen LogP) is 1.03. The second-order valence-electron chi connectivity index (χ2n) is 4.23. The molecule has 1 fully saturated rings. The lowest BCUT2D eigenvalue weighted by molar-refractivity contribution is -0.385. The molecule has 1 aromatic rings. The average molecular weight is 297 g/mol. The molecule has 0 saturated carbocycles. The smallest absolute Gasteiger partial charge is 0.298 e. The lowest BCUT2D eigenvalue weighted by atomic mass is 10.2. The SMILES string of the molecule is N/C(=N/O)c1nc(N2CCCSCC2)ccc1[N+](=O)[O-]. The molecule has 8 nitrogen and oxygen atoms in total. The van der Waals surface area contributed by atoms with Gasteiger partial charge < -0.3 is 15.8 Å². The van der Waals surface area contributed by atoms with Crippen molar-refractivity contribution >= 4 is 29.1 Å². The highest BCUT2D eigenvalue weighted by atomic mass is 32.2. The van der Waals surface area contributed by atoms with Crippen molar-refractivity contribution in [2.75, 3.05) is 29.5 Å². The number of aromatic nitrogens is 1. The molecule has 0 aliphatic carbocycles. The van der Waals surface area contributed by atoms with E-state index in [9.17, 15) is 10.1 Å². The molecule has 9 heteroatoms. The van der Waals surface area contributed by atoms with Gasteiger partial charge in [-0.25, -0.2) is 4.98 Å². The van der Waals surface area contributed by atoms with Crippen LogP contribution in [0.1, 0.15) is 12.1 Å². The molecule has 20 heavy (non-hydrogen) atoms. The molecule has 3 N–H and O–H groups in total. The van der Waals surface area contributed by atoms with E-state index >= 15 is 0 Å². The number of hydrogen-bond acceptors (Lipinski definition) is 7. The van der Waals surface area contributed by atoms with Crippen LogP contribution in [-0.2, 0) is 0 Å². The number of nitrogens with two attached hydrogens (primary N) is 1. The highest BCUT2D eigenvalue weighted by Crippen LogP contribution is 2.23. The fourth-order valence-electron chi connectivity index (χ4n) is 1.98. The molecule has 0 atom stereocenters. The molecule has 0 unspecified atom stereocenters.